The van der Waals surface area contributed by atoms with E-state index in [-0.39, 0.29) is 32.3 Å². The largest absolute Gasteiger partial charge is 0.478 e. The lowest BCUT2D eigenvalue weighted by molar-refractivity contribution is -0.139. The number of nitriles is 1. The Kier molecular flexibility index (Phi) is 5.96. The standard InChI is InChI=1S/C18H10Cl2F3NO2/c19-15-6-3-11(8-16(15)20)14(18(21,22)23)5-2-10-1-4-13(17(25)26)12(7-10)9-24/h1-8,14H,(H,25,26). The van der Waals surface area contributed by atoms with Crippen LogP contribution in [0.3, 0.4) is 0 Å². The normalized spacial score (nSPS) is 12.8. The molecule has 0 aromatic heterocycles. The number of benzene rings is 2. The highest BCUT2D eigenvalue weighted by Crippen LogP contribution is 2.38. The molecule has 0 aliphatic heterocycles. The van der Waals surface area contributed by atoms with Crippen LogP contribution < -0.4 is 0 Å². The van der Waals surface area contributed by atoms with Crippen molar-refractivity contribution in [1.82, 2.24) is 0 Å². The van der Waals surface area contributed by atoms with Crippen LogP contribution in [-0.2, 0) is 0 Å². The number of hydrogen-bond donors (Lipinski definition) is 1. The van der Waals surface area contributed by atoms with Crippen LogP contribution in [0.5, 0.6) is 0 Å². The van der Waals surface area contributed by atoms with Gasteiger partial charge < -0.3 is 5.11 Å². The van der Waals surface area contributed by atoms with Crippen LogP contribution in [-0.4, -0.2) is 17.3 Å². The highest BCUT2D eigenvalue weighted by molar-refractivity contribution is 6.42. The van der Waals surface area contributed by atoms with Crippen LogP contribution in [0.4, 0.5) is 13.2 Å². The molecule has 1 atom stereocenters. The number of halogens is 5. The molecule has 3 nitrogen and oxygen atoms in total. The van der Waals surface area contributed by atoms with Crippen molar-refractivity contribution in [1.29, 1.82) is 5.26 Å². The molecule has 26 heavy (non-hydrogen) atoms. The first-order valence-electron chi connectivity index (χ1n) is 7.11. The third kappa shape index (κ3) is 4.57. The van der Waals surface area contributed by atoms with E-state index < -0.39 is 18.1 Å². The van der Waals surface area contributed by atoms with E-state index in [0.29, 0.717) is 0 Å². The molecule has 0 amide bonds. The van der Waals surface area contributed by atoms with Crippen molar-refractivity contribution in [3.8, 4) is 6.07 Å². The van der Waals surface area contributed by atoms with E-state index in [9.17, 15) is 18.0 Å². The maximum Gasteiger partial charge on any atom is 0.399 e. The Morgan fingerprint density at radius 1 is 1.15 bits per heavy atom. The minimum absolute atomic E-state index is 0.00407. The maximum atomic E-state index is 13.4. The van der Waals surface area contributed by atoms with Crippen molar-refractivity contribution in [2.45, 2.75) is 12.1 Å². The van der Waals surface area contributed by atoms with Gasteiger partial charge in [-0.05, 0) is 35.4 Å². The van der Waals surface area contributed by atoms with Crippen LogP contribution in [0, 0.1) is 11.3 Å². The summed E-state index contributed by atoms with van der Waals surface area (Å²) in [4.78, 5) is 11.0. The van der Waals surface area contributed by atoms with Crippen LogP contribution in [0.15, 0.2) is 42.5 Å². The zero-order valence-electron chi connectivity index (χ0n) is 12.9. The van der Waals surface area contributed by atoms with Gasteiger partial charge in [-0.2, -0.15) is 18.4 Å². The van der Waals surface area contributed by atoms with E-state index in [1.54, 1.807) is 6.07 Å². The summed E-state index contributed by atoms with van der Waals surface area (Å²) in [6, 6.07) is 9.06. The molecular formula is C18H10Cl2F3NO2. The number of carboxylic acid groups (broad SMARTS) is 1. The fraction of sp³-hybridized carbons (Fsp3) is 0.111. The number of allylic oxidation sites excluding steroid dienone is 1. The lowest BCUT2D eigenvalue weighted by Crippen LogP contribution is -2.18. The Labute approximate surface area is 156 Å². The number of aromatic carboxylic acids is 1. The second-order valence-electron chi connectivity index (χ2n) is 5.27. The minimum atomic E-state index is -4.58. The van der Waals surface area contributed by atoms with Gasteiger partial charge in [0.05, 0.1) is 27.1 Å². The Balaban J connectivity index is 2.42. The predicted molar refractivity (Wildman–Crippen MR) is 92.4 cm³/mol. The van der Waals surface area contributed by atoms with Crippen molar-refractivity contribution < 1.29 is 23.1 Å². The summed E-state index contributed by atoms with van der Waals surface area (Å²) in [5.74, 6) is -3.23. The molecular weight excluding hydrogens is 390 g/mol. The third-order valence-corrected chi connectivity index (χ3v) is 4.27. The smallest absolute Gasteiger partial charge is 0.399 e. The van der Waals surface area contributed by atoms with E-state index in [1.165, 1.54) is 36.4 Å². The number of alkyl halides is 3. The highest BCUT2D eigenvalue weighted by Gasteiger charge is 2.39. The lowest BCUT2D eigenvalue weighted by atomic mass is 9.96. The van der Waals surface area contributed by atoms with Gasteiger partial charge in [-0.25, -0.2) is 4.79 Å². The van der Waals surface area contributed by atoms with Gasteiger partial charge in [0.25, 0.3) is 0 Å². The second-order valence-corrected chi connectivity index (χ2v) is 6.09. The Morgan fingerprint density at radius 2 is 1.85 bits per heavy atom. The Morgan fingerprint density at radius 3 is 2.38 bits per heavy atom. The number of carboxylic acids is 1. The monoisotopic (exact) mass is 399 g/mol. The zero-order chi connectivity index (χ0) is 19.5. The first-order valence-corrected chi connectivity index (χ1v) is 7.86. The fourth-order valence-electron chi connectivity index (χ4n) is 2.27. The maximum absolute atomic E-state index is 13.4. The lowest BCUT2D eigenvalue weighted by Gasteiger charge is -2.18. The highest BCUT2D eigenvalue weighted by atomic mass is 35.5. The van der Waals surface area contributed by atoms with Crippen molar-refractivity contribution in [3.05, 3.63) is 74.8 Å². The molecule has 0 heterocycles. The van der Waals surface area contributed by atoms with Gasteiger partial charge in [-0.3, -0.25) is 0 Å². The molecule has 1 unspecified atom stereocenters. The summed E-state index contributed by atoms with van der Waals surface area (Å²) < 4.78 is 40.2. The van der Waals surface area contributed by atoms with E-state index >= 15 is 0 Å². The zero-order valence-corrected chi connectivity index (χ0v) is 14.4. The van der Waals surface area contributed by atoms with Crippen LogP contribution in [0.2, 0.25) is 10.0 Å². The van der Waals surface area contributed by atoms with Crippen molar-refractivity contribution in [2.75, 3.05) is 0 Å². The molecule has 0 bridgehead atoms. The summed E-state index contributed by atoms with van der Waals surface area (Å²) in [5, 5.41) is 18.1. The van der Waals surface area contributed by atoms with Crippen molar-refractivity contribution >= 4 is 35.2 Å². The molecule has 0 saturated carbocycles. The van der Waals surface area contributed by atoms with Crippen molar-refractivity contribution in [3.63, 3.8) is 0 Å². The second kappa shape index (κ2) is 7.81. The average Bonchev–Trinajstić information content (AvgIpc) is 2.56. The predicted octanol–water partition coefficient (Wildman–Crippen LogP) is 5.92. The Bertz CT molecular complexity index is 918. The quantitative estimate of drug-likeness (QED) is 0.693. The van der Waals surface area contributed by atoms with Gasteiger partial charge in [0.2, 0.25) is 0 Å². The van der Waals surface area contributed by atoms with Gasteiger partial charge in [-0.1, -0.05) is 47.5 Å². The first kappa shape index (κ1) is 19.8. The molecule has 0 radical (unpaired) electrons. The molecule has 134 valence electrons. The third-order valence-electron chi connectivity index (χ3n) is 3.53. The number of rotatable bonds is 4. The van der Waals surface area contributed by atoms with Crippen LogP contribution in [0.25, 0.3) is 6.08 Å². The summed E-state index contributed by atoms with van der Waals surface area (Å²) in [7, 11) is 0. The average molecular weight is 400 g/mol. The molecule has 2 aromatic rings. The molecule has 8 heteroatoms. The molecule has 1 N–H and O–H groups in total. The van der Waals surface area contributed by atoms with Gasteiger partial charge in [0.1, 0.15) is 6.07 Å². The van der Waals surface area contributed by atoms with E-state index in [0.717, 1.165) is 12.1 Å². The first-order chi connectivity index (χ1) is 12.1. The topological polar surface area (TPSA) is 61.1 Å². The van der Waals surface area contributed by atoms with Crippen LogP contribution in [0.1, 0.15) is 33.0 Å². The van der Waals surface area contributed by atoms with E-state index in [4.69, 9.17) is 33.6 Å². The van der Waals surface area contributed by atoms with Gasteiger partial charge in [-0.15, -0.1) is 0 Å². The summed E-state index contributed by atoms with van der Waals surface area (Å²) in [6.07, 6.45) is -2.49. The number of hydrogen-bond acceptors (Lipinski definition) is 2. The van der Waals surface area contributed by atoms with E-state index in [1.807, 2.05) is 0 Å². The van der Waals surface area contributed by atoms with Gasteiger partial charge in [0.15, 0.2) is 0 Å². The summed E-state index contributed by atoms with van der Waals surface area (Å²) in [5.41, 5.74) is -0.189. The minimum Gasteiger partial charge on any atom is -0.478 e. The molecule has 0 saturated heterocycles. The summed E-state index contributed by atoms with van der Waals surface area (Å²) in [6.45, 7) is 0. The molecule has 2 rings (SSSR count). The molecule has 0 fully saturated rings. The van der Waals surface area contributed by atoms with Gasteiger partial charge >= 0.3 is 12.1 Å². The molecule has 2 aromatic carbocycles. The fourth-order valence-corrected chi connectivity index (χ4v) is 2.57. The number of carbonyl (C=O) groups is 1. The molecule has 0 spiro atoms. The molecule has 0 aliphatic carbocycles. The Hall–Kier alpha value is -2.49. The summed E-state index contributed by atoms with van der Waals surface area (Å²) >= 11 is 11.5. The SMILES string of the molecule is N#Cc1cc(C=CC(c2ccc(Cl)c(Cl)c2)C(F)(F)F)ccc1C(=O)O. The van der Waals surface area contributed by atoms with E-state index in [2.05, 4.69) is 0 Å². The van der Waals surface area contributed by atoms with Gasteiger partial charge in [0, 0.05) is 0 Å². The van der Waals surface area contributed by atoms with Crippen molar-refractivity contribution in [2.24, 2.45) is 0 Å². The molecule has 0 aliphatic rings. The van der Waals surface area contributed by atoms with Crippen LogP contribution >= 0.6 is 23.2 Å². The number of nitrogens with zero attached hydrogens (tertiary/aromatic N) is 1.